The number of hydrogen-bond donors (Lipinski definition) is 0. The van der Waals surface area contributed by atoms with E-state index in [2.05, 4.69) is 0 Å². The molecule has 0 aliphatic rings. The highest BCUT2D eigenvalue weighted by molar-refractivity contribution is 6.08. The molecule has 0 aliphatic heterocycles. The zero-order valence-electron chi connectivity index (χ0n) is 12.9. The third-order valence-corrected chi connectivity index (χ3v) is 3.68. The molecule has 0 N–H and O–H groups in total. The maximum atomic E-state index is 13.4. The minimum atomic E-state index is -5.47. The van der Waals surface area contributed by atoms with Crippen LogP contribution >= 0.6 is 0 Å². The molecule has 0 aliphatic carbocycles. The van der Waals surface area contributed by atoms with Crippen molar-refractivity contribution in [2.45, 2.75) is 6.18 Å². The van der Waals surface area contributed by atoms with Gasteiger partial charge in [-0.05, 0) is 24.3 Å². The second kappa shape index (κ2) is 6.11. The number of fused-ring (bicyclic) bond motifs is 1. The highest BCUT2D eigenvalue weighted by Crippen LogP contribution is 2.33. The highest BCUT2D eigenvalue weighted by atomic mass is 19.4. The summed E-state index contributed by atoms with van der Waals surface area (Å²) in [6.45, 7) is 0. The molecule has 1 heterocycles. The summed E-state index contributed by atoms with van der Waals surface area (Å²) in [6, 6.07) is 3.46. The maximum Gasteiger partial charge on any atom is 0.438 e. The molecule has 3 rings (SSSR count). The van der Waals surface area contributed by atoms with Crippen molar-refractivity contribution in [2.24, 2.45) is 0 Å². The Balaban J connectivity index is 2.45. The Morgan fingerprint density at radius 2 is 1.56 bits per heavy atom. The first-order chi connectivity index (χ1) is 12.5. The van der Waals surface area contributed by atoms with Gasteiger partial charge in [-0.2, -0.15) is 13.2 Å². The molecule has 0 atom stereocenters. The van der Waals surface area contributed by atoms with Crippen LogP contribution in [-0.4, -0.2) is 10.5 Å². The van der Waals surface area contributed by atoms with E-state index >= 15 is 0 Å². The van der Waals surface area contributed by atoms with Gasteiger partial charge in [0.15, 0.2) is 11.6 Å². The molecular weight excluding hydrogens is 382 g/mol. The van der Waals surface area contributed by atoms with E-state index in [9.17, 15) is 41.3 Å². The van der Waals surface area contributed by atoms with Crippen LogP contribution in [0.5, 0.6) is 0 Å². The van der Waals surface area contributed by atoms with Crippen molar-refractivity contribution in [3.8, 4) is 0 Å². The lowest BCUT2D eigenvalue weighted by molar-refractivity contribution is -0.470. The molecule has 140 valence electrons. The van der Waals surface area contributed by atoms with Gasteiger partial charge in [0.2, 0.25) is 5.69 Å². The van der Waals surface area contributed by atoms with Gasteiger partial charge in [-0.1, -0.05) is 0 Å². The first-order valence-corrected chi connectivity index (χ1v) is 7.07. The predicted molar refractivity (Wildman–Crippen MR) is 78.8 cm³/mol. The minimum absolute atomic E-state index is 0.119. The van der Waals surface area contributed by atoms with Crippen molar-refractivity contribution < 1.29 is 35.6 Å². The van der Waals surface area contributed by atoms with Crippen LogP contribution < -0.4 is 4.43 Å². The van der Waals surface area contributed by atoms with Crippen molar-refractivity contribution in [3.63, 3.8) is 0 Å². The Hall–Kier alpha value is -3.37. The molecule has 0 saturated heterocycles. The summed E-state index contributed by atoms with van der Waals surface area (Å²) >= 11 is 0. The Labute approximate surface area is 145 Å². The number of alkyl halides is 3. The van der Waals surface area contributed by atoms with Crippen molar-refractivity contribution in [2.75, 3.05) is 0 Å². The normalized spacial score (nSPS) is 11.8. The van der Waals surface area contributed by atoms with Crippen molar-refractivity contribution in [3.05, 3.63) is 80.9 Å². The number of nitrogens with zero attached hydrogens (tertiary/aromatic N) is 2. The minimum Gasteiger partial charge on any atom is -0.805 e. The maximum absolute atomic E-state index is 13.4. The fourth-order valence-corrected chi connectivity index (χ4v) is 2.47. The number of rotatable bonds is 2. The SMILES string of the molecule is O=C(c1ccc(F)cc1)c1c(C(F)(F)F)n([O-])c2cc(F)c(F)cc2[n+]1=O. The second-order valence-electron chi connectivity index (χ2n) is 5.37. The summed E-state index contributed by atoms with van der Waals surface area (Å²) in [5.74, 6) is -5.61. The lowest BCUT2D eigenvalue weighted by Crippen LogP contribution is -2.35. The third kappa shape index (κ3) is 3.00. The molecule has 0 amide bonds. The average molecular weight is 388 g/mol. The van der Waals surface area contributed by atoms with Crippen LogP contribution in [0, 0.1) is 27.6 Å². The highest BCUT2D eigenvalue weighted by Gasteiger charge is 2.45. The summed E-state index contributed by atoms with van der Waals surface area (Å²) in [4.78, 5) is 24.8. The number of aromatic nitrogens is 2. The fraction of sp³-hybridized carbons (Fsp3) is 0.0625. The van der Waals surface area contributed by atoms with Crippen molar-refractivity contribution in [1.29, 1.82) is 0 Å². The van der Waals surface area contributed by atoms with Gasteiger partial charge in [-0.3, -0.25) is 4.79 Å². The van der Waals surface area contributed by atoms with Crippen LogP contribution in [0.4, 0.5) is 26.3 Å². The number of carbonyl (C=O) groups is 1. The van der Waals surface area contributed by atoms with Crippen LogP contribution in [0.2, 0.25) is 0 Å². The van der Waals surface area contributed by atoms with E-state index in [-0.39, 0.29) is 12.1 Å². The van der Waals surface area contributed by atoms with Gasteiger partial charge in [-0.15, -0.1) is 0 Å². The zero-order valence-corrected chi connectivity index (χ0v) is 12.9. The Kier molecular flexibility index (Phi) is 4.17. The van der Waals surface area contributed by atoms with E-state index in [0.29, 0.717) is 0 Å². The van der Waals surface area contributed by atoms with Gasteiger partial charge in [-0.25, -0.2) is 13.2 Å². The van der Waals surface area contributed by atoms with Gasteiger partial charge < -0.3 is 9.94 Å². The van der Waals surface area contributed by atoms with Gasteiger partial charge in [0.05, 0.1) is 10.5 Å². The first kappa shape index (κ1) is 18.4. The van der Waals surface area contributed by atoms with E-state index in [1.54, 1.807) is 0 Å². The van der Waals surface area contributed by atoms with E-state index in [1.165, 1.54) is 0 Å². The molecule has 5 nitrogen and oxygen atoms in total. The van der Waals surface area contributed by atoms with Crippen LogP contribution in [0.25, 0.3) is 11.0 Å². The fourth-order valence-electron chi connectivity index (χ4n) is 2.47. The lowest BCUT2D eigenvalue weighted by atomic mass is 10.1. The van der Waals surface area contributed by atoms with Gasteiger partial charge in [0.1, 0.15) is 11.3 Å². The van der Waals surface area contributed by atoms with Crippen LogP contribution in [0.3, 0.4) is 0 Å². The smallest absolute Gasteiger partial charge is 0.438 e. The molecule has 0 spiro atoms. The monoisotopic (exact) mass is 388 g/mol. The van der Waals surface area contributed by atoms with Crippen LogP contribution in [0.15, 0.2) is 36.4 Å². The Bertz CT molecular complexity index is 1140. The third-order valence-electron chi connectivity index (χ3n) is 3.68. The van der Waals surface area contributed by atoms with E-state index in [0.717, 1.165) is 24.3 Å². The topological polar surface area (TPSA) is 68.0 Å². The van der Waals surface area contributed by atoms with Crippen LogP contribution in [0.1, 0.15) is 21.7 Å². The van der Waals surface area contributed by atoms with E-state index in [1.807, 2.05) is 0 Å². The molecule has 2 aromatic carbocycles. The molecule has 0 unspecified atom stereocenters. The van der Waals surface area contributed by atoms with Gasteiger partial charge >= 0.3 is 11.9 Å². The predicted octanol–water partition coefficient (Wildman–Crippen LogP) is 3.57. The molecular formula is C16H6F6N2O3. The summed E-state index contributed by atoms with van der Waals surface area (Å²) < 4.78 is 78.4. The standard InChI is InChI=1S/C16H6F6N2O3/c17-8-3-1-7(2-4-8)14(25)13-15(16(20,21)22)24(27)12-6-10(19)9(18)5-11(12)23(13)26/h1-6H. The average Bonchev–Trinajstić information content (AvgIpc) is 2.58. The summed E-state index contributed by atoms with van der Waals surface area (Å²) in [6.07, 6.45) is -5.47. The number of halogens is 6. The number of carbonyl (C=O) groups excluding carboxylic acids is 1. The van der Waals surface area contributed by atoms with Gasteiger partial charge in [0.25, 0.3) is 11.3 Å². The molecule has 0 fully saturated rings. The molecule has 11 heteroatoms. The molecule has 3 aromatic rings. The molecule has 0 saturated carbocycles. The summed E-state index contributed by atoms with van der Waals surface area (Å²) in [5, 5.41) is 12.1. The van der Waals surface area contributed by atoms with Crippen molar-refractivity contribution >= 4 is 16.8 Å². The number of ketones is 1. The number of hydrogen-bond acceptors (Lipinski definition) is 3. The van der Waals surface area contributed by atoms with Crippen LogP contribution in [-0.2, 0) is 6.18 Å². The van der Waals surface area contributed by atoms with E-state index in [4.69, 9.17) is 0 Å². The zero-order chi connectivity index (χ0) is 20.1. The van der Waals surface area contributed by atoms with Crippen molar-refractivity contribution in [1.82, 2.24) is 4.73 Å². The lowest BCUT2D eigenvalue weighted by Gasteiger charge is -2.20. The second-order valence-corrected chi connectivity index (χ2v) is 5.37. The first-order valence-electron chi connectivity index (χ1n) is 7.07. The Morgan fingerprint density at radius 1 is 1.00 bits per heavy atom. The summed E-state index contributed by atoms with van der Waals surface area (Å²) in [7, 11) is 0. The summed E-state index contributed by atoms with van der Waals surface area (Å²) in [5.41, 5.74) is -6.48. The van der Waals surface area contributed by atoms with E-state index < -0.39 is 66.6 Å². The number of benzene rings is 2. The van der Waals surface area contributed by atoms with Gasteiger partial charge in [0, 0.05) is 16.5 Å². The largest absolute Gasteiger partial charge is 0.805 e. The molecule has 27 heavy (non-hydrogen) atoms. The molecule has 0 radical (unpaired) electrons. The quantitative estimate of drug-likeness (QED) is 0.383. The Morgan fingerprint density at radius 3 is 2.11 bits per heavy atom. The molecule has 1 aromatic heterocycles. The molecule has 0 bridgehead atoms.